The van der Waals surface area contributed by atoms with Crippen molar-refractivity contribution < 1.29 is 28.8 Å². The van der Waals surface area contributed by atoms with E-state index in [4.69, 9.17) is 23.7 Å². The summed E-state index contributed by atoms with van der Waals surface area (Å²) in [5, 5.41) is 9.76. The first-order valence-electron chi connectivity index (χ1n) is 9.87. The van der Waals surface area contributed by atoms with Crippen LogP contribution in [0.3, 0.4) is 0 Å². The predicted octanol–water partition coefficient (Wildman–Crippen LogP) is 2.91. The van der Waals surface area contributed by atoms with Crippen molar-refractivity contribution in [3.8, 4) is 0 Å². The summed E-state index contributed by atoms with van der Waals surface area (Å²) in [6, 6.07) is 0. The van der Waals surface area contributed by atoms with Gasteiger partial charge in [0.05, 0.1) is 6.61 Å². The van der Waals surface area contributed by atoms with Crippen LogP contribution in [0.4, 0.5) is 0 Å². The van der Waals surface area contributed by atoms with Crippen LogP contribution in [0, 0.1) is 0 Å². The molecule has 1 N–H and O–H groups in total. The lowest BCUT2D eigenvalue weighted by Crippen LogP contribution is -2.61. The molecule has 0 aromatic heterocycles. The molecule has 0 spiro atoms. The minimum Gasteiger partial charge on any atom is -0.394 e. The Kier molecular flexibility index (Phi) is 12.7. The zero-order chi connectivity index (χ0) is 18.5. The number of aliphatic hydroxyl groups excluding tert-OH is 1. The Hall–Kier alpha value is -0.240. The zero-order valence-corrected chi connectivity index (χ0v) is 16.4. The fourth-order valence-electron chi connectivity index (χ4n) is 2.87. The molecule has 1 aliphatic heterocycles. The van der Waals surface area contributed by atoms with Gasteiger partial charge in [-0.15, -0.1) is 0 Å². The molecule has 0 bridgehead atoms. The molecule has 1 fully saturated rings. The molecule has 1 heterocycles. The number of hydrogen-bond acceptors (Lipinski definition) is 6. The fraction of sp³-hybridized carbons (Fsp3) is 1.00. The first-order chi connectivity index (χ1) is 12.2. The van der Waals surface area contributed by atoms with Gasteiger partial charge in [-0.2, -0.15) is 0 Å². The van der Waals surface area contributed by atoms with Gasteiger partial charge in [-0.25, -0.2) is 0 Å². The van der Waals surface area contributed by atoms with Gasteiger partial charge in [-0.1, -0.05) is 40.0 Å². The van der Waals surface area contributed by atoms with Crippen molar-refractivity contribution in [2.45, 2.75) is 90.0 Å². The maximum Gasteiger partial charge on any atom is 0.186 e. The number of ether oxygens (including phenoxy) is 5. The van der Waals surface area contributed by atoms with Gasteiger partial charge in [0.25, 0.3) is 0 Å². The van der Waals surface area contributed by atoms with Gasteiger partial charge in [0.1, 0.15) is 24.4 Å². The molecule has 1 rings (SSSR count). The summed E-state index contributed by atoms with van der Waals surface area (Å²) in [7, 11) is 1.59. The second-order valence-electron chi connectivity index (χ2n) is 6.53. The lowest BCUT2D eigenvalue weighted by atomic mass is 9.98. The second kappa shape index (κ2) is 13.9. The minimum atomic E-state index is -0.563. The number of hydrogen-bond donors (Lipinski definition) is 1. The number of aliphatic hydroxyl groups is 1. The molecule has 5 atom stereocenters. The van der Waals surface area contributed by atoms with Gasteiger partial charge >= 0.3 is 0 Å². The van der Waals surface area contributed by atoms with Crippen molar-refractivity contribution in [2.75, 3.05) is 33.5 Å². The third-order valence-electron chi connectivity index (χ3n) is 4.43. The molecule has 25 heavy (non-hydrogen) atoms. The van der Waals surface area contributed by atoms with E-state index in [9.17, 15) is 5.11 Å². The van der Waals surface area contributed by atoms with Crippen molar-refractivity contribution in [2.24, 2.45) is 0 Å². The fourth-order valence-corrected chi connectivity index (χ4v) is 2.87. The molecule has 2 unspecified atom stereocenters. The minimum absolute atomic E-state index is 0.133. The molecule has 0 saturated carbocycles. The smallest absolute Gasteiger partial charge is 0.186 e. The Bertz CT molecular complexity index is 290. The molecule has 1 aliphatic rings. The quantitative estimate of drug-likeness (QED) is 0.479. The van der Waals surface area contributed by atoms with E-state index >= 15 is 0 Å². The summed E-state index contributed by atoms with van der Waals surface area (Å²) in [6.45, 7) is 8.13. The highest BCUT2D eigenvalue weighted by molar-refractivity contribution is 4.92. The number of methoxy groups -OCH3 is 1. The Labute approximate surface area is 153 Å². The lowest BCUT2D eigenvalue weighted by molar-refractivity contribution is -0.316. The van der Waals surface area contributed by atoms with Gasteiger partial charge in [-0.3, -0.25) is 0 Å². The van der Waals surface area contributed by atoms with Gasteiger partial charge in [0.15, 0.2) is 6.29 Å². The summed E-state index contributed by atoms with van der Waals surface area (Å²) in [5.41, 5.74) is 0. The Morgan fingerprint density at radius 2 is 1.24 bits per heavy atom. The van der Waals surface area contributed by atoms with Crippen LogP contribution < -0.4 is 0 Å². The average Bonchev–Trinajstić information content (AvgIpc) is 2.63. The van der Waals surface area contributed by atoms with Gasteiger partial charge < -0.3 is 28.8 Å². The van der Waals surface area contributed by atoms with Gasteiger partial charge in [0.2, 0.25) is 0 Å². The standard InChI is InChI=1S/C19H38O6/c1-5-8-11-22-16-15(14-20)25-19(21-4)18(24-13-10-7-3)17(16)23-12-9-6-2/h15-20H,5-14H2,1-4H3/t15?,16-,17+,18?,19+/m1/s1. The third-order valence-corrected chi connectivity index (χ3v) is 4.43. The summed E-state index contributed by atoms with van der Waals surface area (Å²) in [5.74, 6) is 0. The van der Waals surface area contributed by atoms with Gasteiger partial charge in [0, 0.05) is 26.9 Å². The van der Waals surface area contributed by atoms with Crippen molar-refractivity contribution in [1.29, 1.82) is 0 Å². The van der Waals surface area contributed by atoms with Crippen LogP contribution in [-0.4, -0.2) is 69.3 Å². The second-order valence-corrected chi connectivity index (χ2v) is 6.53. The average molecular weight is 363 g/mol. The maximum atomic E-state index is 9.76. The van der Waals surface area contributed by atoms with E-state index in [1.807, 2.05) is 0 Å². The highest BCUT2D eigenvalue weighted by atomic mass is 16.7. The predicted molar refractivity (Wildman–Crippen MR) is 96.7 cm³/mol. The molecular formula is C19H38O6. The van der Waals surface area contributed by atoms with Crippen LogP contribution >= 0.6 is 0 Å². The third kappa shape index (κ3) is 7.49. The van der Waals surface area contributed by atoms with E-state index in [0.29, 0.717) is 19.8 Å². The molecule has 0 radical (unpaired) electrons. The van der Waals surface area contributed by atoms with E-state index in [-0.39, 0.29) is 24.9 Å². The first-order valence-corrected chi connectivity index (χ1v) is 9.87. The van der Waals surface area contributed by atoms with Crippen molar-refractivity contribution >= 4 is 0 Å². The SMILES string of the molecule is CCCCOC1[C@@H](OC)OC(CO)[C@@H](OCCCC)[C@@H]1OCCCC. The lowest BCUT2D eigenvalue weighted by Gasteiger charge is -2.45. The molecule has 0 aliphatic carbocycles. The Balaban J connectivity index is 2.87. The van der Waals surface area contributed by atoms with E-state index < -0.39 is 12.4 Å². The molecule has 0 aromatic rings. The van der Waals surface area contributed by atoms with Crippen LogP contribution in [0.25, 0.3) is 0 Å². The molecule has 1 saturated heterocycles. The van der Waals surface area contributed by atoms with Crippen molar-refractivity contribution in [1.82, 2.24) is 0 Å². The van der Waals surface area contributed by atoms with Crippen molar-refractivity contribution in [3.63, 3.8) is 0 Å². The summed E-state index contributed by atoms with van der Waals surface area (Å²) >= 11 is 0. The molecule has 0 aromatic carbocycles. The summed E-state index contributed by atoms with van der Waals surface area (Å²) in [6.07, 6.45) is 4.02. The number of unbranched alkanes of at least 4 members (excludes halogenated alkanes) is 3. The Morgan fingerprint density at radius 1 is 0.760 bits per heavy atom. The molecule has 6 heteroatoms. The van der Waals surface area contributed by atoms with Gasteiger partial charge in [-0.05, 0) is 19.3 Å². The van der Waals surface area contributed by atoms with E-state index in [1.54, 1.807) is 7.11 Å². The number of rotatable bonds is 14. The highest BCUT2D eigenvalue weighted by Crippen LogP contribution is 2.29. The van der Waals surface area contributed by atoms with Crippen LogP contribution in [0.2, 0.25) is 0 Å². The monoisotopic (exact) mass is 362 g/mol. The molecule has 6 nitrogen and oxygen atoms in total. The van der Waals surface area contributed by atoms with E-state index in [0.717, 1.165) is 38.5 Å². The molecule has 150 valence electrons. The van der Waals surface area contributed by atoms with Crippen molar-refractivity contribution in [3.05, 3.63) is 0 Å². The largest absolute Gasteiger partial charge is 0.394 e. The van der Waals surface area contributed by atoms with E-state index in [1.165, 1.54) is 0 Å². The summed E-state index contributed by atoms with van der Waals surface area (Å²) in [4.78, 5) is 0. The first kappa shape index (κ1) is 22.8. The van der Waals surface area contributed by atoms with E-state index in [2.05, 4.69) is 20.8 Å². The molecular weight excluding hydrogens is 324 g/mol. The maximum absolute atomic E-state index is 9.76. The summed E-state index contributed by atoms with van der Waals surface area (Å²) < 4.78 is 29.7. The van der Waals surface area contributed by atoms with Crippen LogP contribution in [0.1, 0.15) is 59.3 Å². The Morgan fingerprint density at radius 3 is 1.68 bits per heavy atom. The normalized spacial score (nSPS) is 29.9. The topological polar surface area (TPSA) is 66.4 Å². The zero-order valence-electron chi connectivity index (χ0n) is 16.4. The highest BCUT2D eigenvalue weighted by Gasteiger charge is 2.48. The molecule has 0 amide bonds. The van der Waals surface area contributed by atoms with Crippen LogP contribution in [0.5, 0.6) is 0 Å². The van der Waals surface area contributed by atoms with Crippen LogP contribution in [-0.2, 0) is 23.7 Å². The van der Waals surface area contributed by atoms with Crippen LogP contribution in [0.15, 0.2) is 0 Å².